The number of aryl methyl sites for hydroxylation is 1. The largest absolute Gasteiger partial charge is 0.399 e. The molecule has 3 N–H and O–H groups in total. The van der Waals surface area contributed by atoms with Crippen molar-refractivity contribution in [2.75, 3.05) is 39.1 Å². The predicted molar refractivity (Wildman–Crippen MR) is 93.7 cm³/mol. The monoisotopic (exact) mass is 333 g/mol. The fraction of sp³-hybridized carbons (Fsp3) is 0.556. The summed E-state index contributed by atoms with van der Waals surface area (Å²) in [6.07, 6.45) is 2.21. The van der Waals surface area contributed by atoms with Crippen molar-refractivity contribution in [1.29, 1.82) is 0 Å². The van der Waals surface area contributed by atoms with Gasteiger partial charge in [-0.05, 0) is 43.9 Å². The number of amides is 2. The van der Waals surface area contributed by atoms with Crippen LogP contribution in [0.1, 0.15) is 35.2 Å². The number of ether oxygens (including phenoxy) is 1. The molecule has 0 spiro atoms. The minimum Gasteiger partial charge on any atom is -0.399 e. The molecule has 2 amide bonds. The minimum atomic E-state index is -0.0152. The summed E-state index contributed by atoms with van der Waals surface area (Å²) in [7, 11) is 1.65. The maximum atomic E-state index is 12.6. The lowest BCUT2D eigenvalue weighted by Crippen LogP contribution is -2.43. The Morgan fingerprint density at radius 1 is 1.33 bits per heavy atom. The number of benzene rings is 1. The van der Waals surface area contributed by atoms with Crippen LogP contribution in [0, 0.1) is 12.8 Å². The third kappa shape index (κ3) is 4.71. The first kappa shape index (κ1) is 18.3. The Hall–Kier alpha value is -2.08. The average Bonchev–Trinajstić information content (AvgIpc) is 2.60. The number of piperidine rings is 1. The van der Waals surface area contributed by atoms with E-state index >= 15 is 0 Å². The van der Waals surface area contributed by atoms with Gasteiger partial charge in [-0.15, -0.1) is 0 Å². The lowest BCUT2D eigenvalue weighted by atomic mass is 9.95. The maximum absolute atomic E-state index is 12.6. The molecule has 6 nitrogen and oxygen atoms in total. The Balaban J connectivity index is 1.85. The number of methoxy groups -OCH3 is 1. The third-order valence-corrected chi connectivity index (χ3v) is 4.47. The molecule has 1 aromatic rings. The summed E-state index contributed by atoms with van der Waals surface area (Å²) in [4.78, 5) is 26.6. The smallest absolute Gasteiger partial charge is 0.254 e. The molecule has 0 radical (unpaired) electrons. The molecule has 0 aromatic heterocycles. The highest BCUT2D eigenvalue weighted by Gasteiger charge is 2.28. The SMILES string of the molecule is COCCCNC(=O)C1CCN(C(=O)c2cc(N)ccc2C)CC1. The van der Waals surface area contributed by atoms with Crippen molar-refractivity contribution < 1.29 is 14.3 Å². The van der Waals surface area contributed by atoms with Crippen LogP contribution in [0.2, 0.25) is 0 Å². The third-order valence-electron chi connectivity index (χ3n) is 4.47. The molecule has 0 saturated carbocycles. The number of hydrogen-bond acceptors (Lipinski definition) is 4. The maximum Gasteiger partial charge on any atom is 0.254 e. The molecule has 2 rings (SSSR count). The van der Waals surface area contributed by atoms with E-state index in [-0.39, 0.29) is 17.7 Å². The van der Waals surface area contributed by atoms with Crippen LogP contribution in [-0.2, 0) is 9.53 Å². The summed E-state index contributed by atoms with van der Waals surface area (Å²) >= 11 is 0. The van der Waals surface area contributed by atoms with E-state index in [2.05, 4.69) is 5.32 Å². The summed E-state index contributed by atoms with van der Waals surface area (Å²) in [5, 5.41) is 2.94. The predicted octanol–water partition coefficient (Wildman–Crippen LogP) is 1.58. The molecule has 1 aromatic carbocycles. The number of nitrogens with two attached hydrogens (primary N) is 1. The number of anilines is 1. The number of hydrogen-bond donors (Lipinski definition) is 2. The zero-order chi connectivity index (χ0) is 17.5. The number of rotatable bonds is 6. The highest BCUT2D eigenvalue weighted by molar-refractivity contribution is 5.96. The lowest BCUT2D eigenvalue weighted by Gasteiger charge is -2.31. The van der Waals surface area contributed by atoms with Crippen LogP contribution >= 0.6 is 0 Å². The Bertz CT molecular complexity index is 581. The summed E-state index contributed by atoms with van der Waals surface area (Å²) in [6.45, 7) is 4.39. The van der Waals surface area contributed by atoms with E-state index in [1.54, 1.807) is 19.2 Å². The number of nitrogen functional groups attached to an aromatic ring is 1. The van der Waals surface area contributed by atoms with Crippen molar-refractivity contribution in [2.45, 2.75) is 26.2 Å². The summed E-state index contributed by atoms with van der Waals surface area (Å²) in [5.41, 5.74) is 7.96. The standard InChI is InChI=1S/C18H27N3O3/c1-13-4-5-15(19)12-16(13)18(23)21-9-6-14(7-10-21)17(22)20-8-3-11-24-2/h4-5,12,14H,3,6-11,19H2,1-2H3,(H,20,22). The van der Waals surface area contributed by atoms with Crippen molar-refractivity contribution >= 4 is 17.5 Å². The van der Waals surface area contributed by atoms with E-state index in [9.17, 15) is 9.59 Å². The van der Waals surface area contributed by atoms with E-state index < -0.39 is 0 Å². The number of nitrogens with zero attached hydrogens (tertiary/aromatic N) is 1. The fourth-order valence-corrected chi connectivity index (χ4v) is 2.96. The first-order valence-electron chi connectivity index (χ1n) is 8.45. The molecule has 0 atom stereocenters. The molecule has 1 fully saturated rings. The zero-order valence-electron chi connectivity index (χ0n) is 14.5. The number of likely N-dealkylation sites (tertiary alicyclic amines) is 1. The quantitative estimate of drug-likeness (QED) is 0.611. The first-order chi connectivity index (χ1) is 11.5. The second-order valence-corrected chi connectivity index (χ2v) is 6.28. The van der Waals surface area contributed by atoms with Crippen molar-refractivity contribution in [3.8, 4) is 0 Å². The Morgan fingerprint density at radius 3 is 2.71 bits per heavy atom. The van der Waals surface area contributed by atoms with Crippen LogP contribution in [0.5, 0.6) is 0 Å². The molecular weight excluding hydrogens is 306 g/mol. The van der Waals surface area contributed by atoms with Crippen LogP contribution in [-0.4, -0.2) is 50.1 Å². The summed E-state index contributed by atoms with van der Waals surface area (Å²) in [5.74, 6) is 0.0654. The van der Waals surface area contributed by atoms with Crippen molar-refractivity contribution in [2.24, 2.45) is 5.92 Å². The summed E-state index contributed by atoms with van der Waals surface area (Å²) < 4.78 is 4.97. The Morgan fingerprint density at radius 2 is 2.04 bits per heavy atom. The van der Waals surface area contributed by atoms with Gasteiger partial charge in [0.25, 0.3) is 5.91 Å². The van der Waals surface area contributed by atoms with Crippen LogP contribution in [0.3, 0.4) is 0 Å². The van der Waals surface area contributed by atoms with Crippen molar-refractivity contribution in [3.05, 3.63) is 29.3 Å². The topological polar surface area (TPSA) is 84.7 Å². The highest BCUT2D eigenvalue weighted by Crippen LogP contribution is 2.21. The molecule has 0 bridgehead atoms. The summed E-state index contributed by atoms with van der Waals surface area (Å²) in [6, 6.07) is 5.39. The normalized spacial score (nSPS) is 15.3. The number of carbonyl (C=O) groups excluding carboxylic acids is 2. The van der Waals surface area contributed by atoms with Gasteiger partial charge in [0.15, 0.2) is 0 Å². The van der Waals surface area contributed by atoms with Crippen LogP contribution < -0.4 is 11.1 Å². The Kier molecular flexibility index (Phi) is 6.61. The van der Waals surface area contributed by atoms with E-state index in [4.69, 9.17) is 10.5 Å². The fourth-order valence-electron chi connectivity index (χ4n) is 2.96. The van der Waals surface area contributed by atoms with Crippen molar-refractivity contribution in [1.82, 2.24) is 10.2 Å². The first-order valence-corrected chi connectivity index (χ1v) is 8.45. The van der Waals surface area contributed by atoms with Gasteiger partial charge in [-0.2, -0.15) is 0 Å². The molecule has 1 aliphatic heterocycles. The molecule has 6 heteroatoms. The van der Waals surface area contributed by atoms with E-state index in [1.807, 2.05) is 17.9 Å². The van der Waals surface area contributed by atoms with E-state index in [1.165, 1.54) is 0 Å². The molecule has 1 saturated heterocycles. The number of nitrogens with one attached hydrogen (secondary N) is 1. The lowest BCUT2D eigenvalue weighted by molar-refractivity contribution is -0.126. The van der Waals surface area contributed by atoms with E-state index in [0.29, 0.717) is 50.3 Å². The van der Waals surface area contributed by atoms with Gasteiger partial charge in [0.05, 0.1) is 0 Å². The van der Waals surface area contributed by atoms with Crippen LogP contribution in [0.4, 0.5) is 5.69 Å². The zero-order valence-corrected chi connectivity index (χ0v) is 14.5. The average molecular weight is 333 g/mol. The molecule has 24 heavy (non-hydrogen) atoms. The second-order valence-electron chi connectivity index (χ2n) is 6.28. The van der Waals surface area contributed by atoms with Gasteiger partial charge >= 0.3 is 0 Å². The highest BCUT2D eigenvalue weighted by atomic mass is 16.5. The van der Waals surface area contributed by atoms with Gasteiger partial charge in [0.1, 0.15) is 0 Å². The molecule has 132 valence electrons. The number of carbonyl (C=O) groups is 2. The molecular formula is C18H27N3O3. The van der Waals surface area contributed by atoms with Gasteiger partial charge in [0, 0.05) is 50.5 Å². The van der Waals surface area contributed by atoms with Crippen molar-refractivity contribution in [3.63, 3.8) is 0 Å². The van der Waals surface area contributed by atoms with Crippen LogP contribution in [0.15, 0.2) is 18.2 Å². The second kappa shape index (κ2) is 8.68. The van der Waals surface area contributed by atoms with E-state index in [0.717, 1.165) is 12.0 Å². The molecule has 1 aliphatic rings. The van der Waals surface area contributed by atoms with Crippen LogP contribution in [0.25, 0.3) is 0 Å². The molecule has 0 aliphatic carbocycles. The minimum absolute atomic E-state index is 0.00115. The van der Waals surface area contributed by atoms with Gasteiger partial charge in [0.2, 0.25) is 5.91 Å². The van der Waals surface area contributed by atoms with Gasteiger partial charge < -0.3 is 20.7 Å². The molecule has 0 unspecified atom stereocenters. The van der Waals surface area contributed by atoms with Gasteiger partial charge in [-0.1, -0.05) is 6.07 Å². The van der Waals surface area contributed by atoms with Gasteiger partial charge in [-0.3, -0.25) is 9.59 Å². The van der Waals surface area contributed by atoms with Gasteiger partial charge in [-0.25, -0.2) is 0 Å². The molecule has 1 heterocycles. The Labute approximate surface area is 143 Å².